The molecule has 0 nitrogen and oxygen atoms in total. The van der Waals surface area contributed by atoms with E-state index >= 15 is 0 Å². The molecule has 0 fully saturated rings. The van der Waals surface area contributed by atoms with Crippen LogP contribution in [-0.2, 0) is 5.92 Å². The molecule has 0 heterocycles. The quantitative estimate of drug-likeness (QED) is 0.555. The molecule has 0 spiro atoms. The maximum atomic E-state index is 13.7. The molecule has 0 amide bonds. The van der Waals surface area contributed by atoms with Gasteiger partial charge in [-0.1, -0.05) is 31.5 Å². The number of hydrogen-bond donors (Lipinski definition) is 0. The van der Waals surface area contributed by atoms with Gasteiger partial charge in [-0.2, -0.15) is 39.5 Å². The first-order valence-corrected chi connectivity index (χ1v) is 6.43. The third-order valence-electron chi connectivity index (χ3n) is 3.06. The Kier molecular flexibility index (Phi) is 5.33. The van der Waals surface area contributed by atoms with Gasteiger partial charge in [-0.05, 0) is 24.5 Å². The molecule has 0 bridgehead atoms. The van der Waals surface area contributed by atoms with Crippen molar-refractivity contribution in [3.05, 3.63) is 41.8 Å². The maximum absolute atomic E-state index is 13.7. The van der Waals surface area contributed by atoms with Gasteiger partial charge in [0.1, 0.15) is 0 Å². The first kappa shape index (κ1) is 19.6. The highest BCUT2D eigenvalue weighted by molar-refractivity contribution is 5.33. The van der Waals surface area contributed by atoms with Crippen LogP contribution >= 0.6 is 0 Å². The fourth-order valence-electron chi connectivity index (χ4n) is 1.73. The van der Waals surface area contributed by atoms with Crippen LogP contribution in [0.2, 0.25) is 0 Å². The molecule has 0 saturated carbocycles. The Bertz CT molecular complexity index is 531. The number of hydrogen-bond acceptors (Lipinski definition) is 0. The van der Waals surface area contributed by atoms with Crippen LogP contribution in [0.5, 0.6) is 0 Å². The zero-order valence-corrected chi connectivity index (χ0v) is 11.7. The van der Waals surface area contributed by atoms with Crippen LogP contribution in [0.4, 0.5) is 39.5 Å². The minimum absolute atomic E-state index is 0.0233. The van der Waals surface area contributed by atoms with E-state index in [0.29, 0.717) is 25.0 Å². The molecule has 131 valence electrons. The molecule has 0 saturated heterocycles. The van der Waals surface area contributed by atoms with E-state index in [0.717, 1.165) is 6.07 Å². The summed E-state index contributed by atoms with van der Waals surface area (Å²) < 4.78 is 116. The fourth-order valence-corrected chi connectivity index (χ4v) is 1.73. The van der Waals surface area contributed by atoms with Crippen molar-refractivity contribution in [3.63, 3.8) is 0 Å². The lowest BCUT2D eigenvalue weighted by molar-refractivity contribution is -0.399. The van der Waals surface area contributed by atoms with Gasteiger partial charge in [0.25, 0.3) is 0 Å². The van der Waals surface area contributed by atoms with E-state index in [-0.39, 0.29) is 5.56 Å². The number of alkyl halides is 9. The molecule has 0 N–H and O–H groups in total. The third-order valence-corrected chi connectivity index (χ3v) is 3.06. The highest BCUT2D eigenvalue weighted by atomic mass is 19.4. The zero-order chi connectivity index (χ0) is 18.1. The second-order valence-electron chi connectivity index (χ2n) is 4.84. The van der Waals surface area contributed by atoms with Gasteiger partial charge in [0.2, 0.25) is 0 Å². The van der Waals surface area contributed by atoms with E-state index in [1.54, 1.807) is 6.92 Å². The molecule has 0 atom stereocenters. The summed E-state index contributed by atoms with van der Waals surface area (Å²) in [6.45, 7) is 1.74. The molecule has 1 aromatic carbocycles. The Hall–Kier alpha value is -1.41. The lowest BCUT2D eigenvalue weighted by Gasteiger charge is -2.33. The second kappa shape index (κ2) is 6.24. The highest BCUT2D eigenvalue weighted by Crippen LogP contribution is 2.56. The van der Waals surface area contributed by atoms with Crippen LogP contribution in [0, 0.1) is 6.42 Å². The van der Waals surface area contributed by atoms with Crippen LogP contribution in [0.1, 0.15) is 30.9 Å². The number of halogens is 9. The monoisotopic (exact) mass is 351 g/mol. The average Bonchev–Trinajstić information content (AvgIpc) is 2.43. The molecule has 1 rings (SSSR count). The molecule has 9 heteroatoms. The smallest absolute Gasteiger partial charge is 0.194 e. The minimum Gasteiger partial charge on any atom is -0.194 e. The van der Waals surface area contributed by atoms with Gasteiger partial charge in [0.15, 0.2) is 0 Å². The Morgan fingerprint density at radius 1 is 0.870 bits per heavy atom. The van der Waals surface area contributed by atoms with E-state index in [1.807, 2.05) is 0 Å². The van der Waals surface area contributed by atoms with Crippen molar-refractivity contribution in [2.75, 3.05) is 0 Å². The summed E-state index contributed by atoms with van der Waals surface area (Å²) in [5.74, 6) is -19.2. The normalized spacial score (nSPS) is 14.2. The Morgan fingerprint density at radius 3 is 1.91 bits per heavy atom. The van der Waals surface area contributed by atoms with Gasteiger partial charge in [0.05, 0.1) is 0 Å². The van der Waals surface area contributed by atoms with Crippen molar-refractivity contribution in [1.82, 2.24) is 0 Å². The minimum atomic E-state index is -6.88. The van der Waals surface area contributed by atoms with Crippen molar-refractivity contribution < 1.29 is 39.5 Å². The Morgan fingerprint density at radius 2 is 1.43 bits per heavy atom. The van der Waals surface area contributed by atoms with E-state index in [2.05, 4.69) is 0 Å². The summed E-state index contributed by atoms with van der Waals surface area (Å²) >= 11 is 0. The number of unbranched alkanes of at least 4 members (excludes halogenated alkanes) is 1. The lowest BCUT2D eigenvalue weighted by atomic mass is 9.94. The zero-order valence-electron chi connectivity index (χ0n) is 11.7. The average molecular weight is 351 g/mol. The van der Waals surface area contributed by atoms with Crippen molar-refractivity contribution in [2.45, 2.75) is 43.7 Å². The van der Waals surface area contributed by atoms with Crippen LogP contribution in [0.25, 0.3) is 0 Å². The molecule has 1 aromatic rings. The van der Waals surface area contributed by atoms with Gasteiger partial charge in [0, 0.05) is 5.56 Å². The van der Waals surface area contributed by atoms with Crippen molar-refractivity contribution in [3.8, 4) is 0 Å². The summed E-state index contributed by atoms with van der Waals surface area (Å²) in [7, 11) is 0. The number of benzene rings is 1. The van der Waals surface area contributed by atoms with Crippen molar-refractivity contribution >= 4 is 0 Å². The highest BCUT2D eigenvalue weighted by Gasteiger charge is 2.81. The number of rotatable bonds is 6. The van der Waals surface area contributed by atoms with Crippen molar-refractivity contribution in [2.24, 2.45) is 0 Å². The molecule has 23 heavy (non-hydrogen) atoms. The summed E-state index contributed by atoms with van der Waals surface area (Å²) in [5.41, 5.74) is -1.59. The van der Waals surface area contributed by atoms with Crippen LogP contribution in [-0.4, -0.2) is 18.0 Å². The van der Waals surface area contributed by atoms with E-state index < -0.39 is 29.5 Å². The summed E-state index contributed by atoms with van der Waals surface area (Å²) in [6, 6.07) is 2.97. The van der Waals surface area contributed by atoms with Gasteiger partial charge in [-0.25, -0.2) is 0 Å². The maximum Gasteiger partial charge on any atom is 0.460 e. The van der Waals surface area contributed by atoms with E-state index in [1.165, 1.54) is 12.5 Å². The predicted octanol–water partition coefficient (Wildman–Crippen LogP) is 5.96. The first-order valence-electron chi connectivity index (χ1n) is 6.43. The van der Waals surface area contributed by atoms with Crippen LogP contribution in [0.15, 0.2) is 24.3 Å². The third kappa shape index (κ3) is 3.42. The van der Waals surface area contributed by atoms with Gasteiger partial charge >= 0.3 is 23.9 Å². The molecular weight excluding hydrogens is 339 g/mol. The molecule has 0 aliphatic rings. The fraction of sp³-hybridized carbons (Fsp3) is 0.500. The van der Waals surface area contributed by atoms with E-state index in [4.69, 9.17) is 0 Å². The second-order valence-corrected chi connectivity index (χ2v) is 4.84. The largest absolute Gasteiger partial charge is 0.460 e. The molecular formula is C14H12F9. The van der Waals surface area contributed by atoms with Gasteiger partial charge in [-0.15, -0.1) is 0 Å². The molecule has 0 aromatic heterocycles. The topological polar surface area (TPSA) is 0 Å². The molecule has 0 unspecified atom stereocenters. The van der Waals surface area contributed by atoms with Gasteiger partial charge in [-0.3, -0.25) is 0 Å². The van der Waals surface area contributed by atoms with Crippen LogP contribution in [0.3, 0.4) is 0 Å². The molecule has 0 aliphatic heterocycles. The summed E-state index contributed by atoms with van der Waals surface area (Å²) in [4.78, 5) is 0. The molecule has 0 aliphatic carbocycles. The predicted molar refractivity (Wildman–Crippen MR) is 64.6 cm³/mol. The molecule has 1 radical (unpaired) electrons. The SMILES string of the molecule is CCC[CH]c1cccc(C(F)(F)C(F)(F)C(F)(F)C(F)(F)F)c1. The summed E-state index contributed by atoms with van der Waals surface area (Å²) in [5, 5.41) is 0. The van der Waals surface area contributed by atoms with E-state index in [9.17, 15) is 39.5 Å². The lowest BCUT2D eigenvalue weighted by Crippen LogP contribution is -2.59. The van der Waals surface area contributed by atoms with Crippen LogP contribution < -0.4 is 0 Å². The Labute approximate surface area is 126 Å². The summed E-state index contributed by atoms with van der Waals surface area (Å²) in [6.07, 6.45) is -4.45. The first-order chi connectivity index (χ1) is 10.3. The van der Waals surface area contributed by atoms with Crippen molar-refractivity contribution in [1.29, 1.82) is 0 Å². The standard InChI is InChI=1S/C14H12F9/c1-2-3-5-9-6-4-7-10(8-9)11(15,16)12(17,18)13(19,20)14(21,22)23/h4-8H,2-3H2,1H3. The Balaban J connectivity index is 3.29. The van der Waals surface area contributed by atoms with Gasteiger partial charge < -0.3 is 0 Å².